The van der Waals surface area contributed by atoms with Gasteiger partial charge in [0.25, 0.3) is 0 Å². The molecular formula is C30H29Cl3N4O4. The largest absolute Gasteiger partial charge is 0.469 e. The summed E-state index contributed by atoms with van der Waals surface area (Å²) in [4.78, 5) is 44.4. The van der Waals surface area contributed by atoms with Crippen molar-refractivity contribution in [2.24, 2.45) is 5.92 Å². The Bertz CT molecular complexity index is 1510. The van der Waals surface area contributed by atoms with Crippen molar-refractivity contribution in [2.45, 2.75) is 12.5 Å². The van der Waals surface area contributed by atoms with Gasteiger partial charge in [0, 0.05) is 41.7 Å². The van der Waals surface area contributed by atoms with Gasteiger partial charge in [0.05, 0.1) is 41.0 Å². The normalized spacial score (nSPS) is 18.4. The molecule has 0 aromatic heterocycles. The topological polar surface area (TPSA) is 82.2 Å². The number of halogens is 3. The van der Waals surface area contributed by atoms with Gasteiger partial charge in [0.1, 0.15) is 0 Å². The van der Waals surface area contributed by atoms with Crippen molar-refractivity contribution in [1.82, 2.24) is 15.1 Å². The van der Waals surface area contributed by atoms with E-state index in [1.165, 1.54) is 12.0 Å². The Hall–Kier alpha value is -3.30. The van der Waals surface area contributed by atoms with Crippen molar-refractivity contribution < 1.29 is 19.1 Å². The molecule has 11 heteroatoms. The monoisotopic (exact) mass is 614 g/mol. The molecule has 0 radical (unpaired) electrons. The summed E-state index contributed by atoms with van der Waals surface area (Å²) < 4.78 is 5.16. The van der Waals surface area contributed by atoms with E-state index >= 15 is 0 Å². The number of methoxy groups -OCH3 is 1. The number of hydrogen-bond donors (Lipinski definition) is 1. The predicted octanol–water partition coefficient (Wildman–Crippen LogP) is 5.95. The molecule has 8 nitrogen and oxygen atoms in total. The standard InChI is InChI=1S/C30H29Cl3N4O4/c1-35(2)16-27(38)36-14-21(22(15-36)29(39)41-3)17-11-19(18-7-4-5-8-23(18)31)20-13-34-30(40)37(26(20)12-17)28-24(32)9-6-10-25(28)33/h4-12,21-22H,13-16H2,1-3H3,(H,34,40)/t21?,22-/m0/s1. The minimum atomic E-state index is -0.599. The lowest BCUT2D eigenvalue weighted by Gasteiger charge is -2.34. The molecule has 0 aliphatic carbocycles. The van der Waals surface area contributed by atoms with Crippen LogP contribution in [-0.4, -0.2) is 68.5 Å². The number of likely N-dealkylation sites (tertiary alicyclic amines) is 1. The lowest BCUT2D eigenvalue weighted by molar-refractivity contribution is -0.145. The number of para-hydroxylation sites is 1. The van der Waals surface area contributed by atoms with Crippen molar-refractivity contribution in [3.05, 3.63) is 80.8 Å². The number of nitrogens with zero attached hydrogens (tertiary/aromatic N) is 3. The van der Waals surface area contributed by atoms with Crippen LogP contribution in [0.2, 0.25) is 15.1 Å². The smallest absolute Gasteiger partial charge is 0.326 e. The maximum Gasteiger partial charge on any atom is 0.326 e. The van der Waals surface area contributed by atoms with E-state index in [9.17, 15) is 14.4 Å². The van der Waals surface area contributed by atoms with Crippen LogP contribution in [0.1, 0.15) is 17.0 Å². The number of carbonyl (C=O) groups is 3. The Balaban J connectivity index is 1.72. The summed E-state index contributed by atoms with van der Waals surface area (Å²) in [5.41, 5.74) is 4.04. The zero-order valence-electron chi connectivity index (χ0n) is 22.8. The van der Waals surface area contributed by atoms with E-state index in [2.05, 4.69) is 5.32 Å². The van der Waals surface area contributed by atoms with Crippen molar-refractivity contribution >= 4 is 64.1 Å². The van der Waals surface area contributed by atoms with Gasteiger partial charge >= 0.3 is 12.0 Å². The average Bonchev–Trinajstić information content (AvgIpc) is 3.39. The van der Waals surface area contributed by atoms with E-state index in [1.807, 2.05) is 44.4 Å². The molecule has 1 fully saturated rings. The molecule has 2 heterocycles. The highest BCUT2D eigenvalue weighted by molar-refractivity contribution is 6.40. The summed E-state index contributed by atoms with van der Waals surface area (Å²) in [5, 5.41) is 4.07. The number of ether oxygens (including phenoxy) is 1. The minimum absolute atomic E-state index is 0.0838. The number of amides is 3. The summed E-state index contributed by atoms with van der Waals surface area (Å²) in [6, 6.07) is 16.0. The molecule has 3 aromatic rings. The number of fused-ring (bicyclic) bond motifs is 1. The van der Waals surface area contributed by atoms with E-state index < -0.39 is 23.8 Å². The van der Waals surface area contributed by atoms with Crippen LogP contribution in [0.15, 0.2) is 54.6 Å². The molecule has 1 N–H and O–H groups in total. The van der Waals surface area contributed by atoms with Crippen LogP contribution in [0.25, 0.3) is 11.1 Å². The molecule has 214 valence electrons. The third-order valence-corrected chi connectivity index (χ3v) is 8.43. The van der Waals surface area contributed by atoms with Crippen molar-refractivity contribution in [3.8, 4) is 11.1 Å². The van der Waals surface area contributed by atoms with Gasteiger partial charge in [-0.3, -0.25) is 14.5 Å². The maximum atomic E-state index is 13.4. The number of anilines is 2. The number of likely N-dealkylation sites (N-methyl/N-ethyl adjacent to an activating group) is 1. The first kappa shape index (κ1) is 29.2. The molecular weight excluding hydrogens is 587 g/mol. The number of urea groups is 1. The summed E-state index contributed by atoms with van der Waals surface area (Å²) in [6.07, 6.45) is 0. The van der Waals surface area contributed by atoms with Crippen LogP contribution in [-0.2, 0) is 20.9 Å². The lowest BCUT2D eigenvalue weighted by Crippen LogP contribution is -2.42. The van der Waals surface area contributed by atoms with Gasteiger partial charge < -0.3 is 19.9 Å². The van der Waals surface area contributed by atoms with Gasteiger partial charge in [-0.05, 0) is 49.5 Å². The molecule has 41 heavy (non-hydrogen) atoms. The van der Waals surface area contributed by atoms with E-state index in [1.54, 1.807) is 34.1 Å². The SMILES string of the molecule is COC(=O)[C@H]1CN(C(=O)CN(C)C)CC1c1cc(-c2ccccc2Cl)c2c(c1)N(c1c(Cl)cccc1Cl)C(=O)NC2. The molecule has 0 saturated carbocycles. The van der Waals surface area contributed by atoms with Crippen molar-refractivity contribution in [3.63, 3.8) is 0 Å². The van der Waals surface area contributed by atoms with Gasteiger partial charge in [0.2, 0.25) is 5.91 Å². The summed E-state index contributed by atoms with van der Waals surface area (Å²) in [5.74, 6) is -1.48. The zero-order chi connectivity index (χ0) is 29.4. The highest BCUT2D eigenvalue weighted by atomic mass is 35.5. The molecule has 0 bridgehead atoms. The van der Waals surface area contributed by atoms with Gasteiger partial charge in [-0.25, -0.2) is 4.79 Å². The summed E-state index contributed by atoms with van der Waals surface area (Å²) >= 11 is 19.9. The molecule has 1 unspecified atom stereocenters. The Morgan fingerprint density at radius 2 is 1.66 bits per heavy atom. The third-order valence-electron chi connectivity index (χ3n) is 7.49. The van der Waals surface area contributed by atoms with E-state index in [4.69, 9.17) is 39.5 Å². The van der Waals surface area contributed by atoms with E-state index in [0.29, 0.717) is 33.0 Å². The van der Waals surface area contributed by atoms with Gasteiger partial charge in [0.15, 0.2) is 0 Å². The fraction of sp³-hybridized carbons (Fsp3) is 0.300. The van der Waals surface area contributed by atoms with E-state index in [-0.39, 0.29) is 25.5 Å². The second-order valence-corrected chi connectivity index (χ2v) is 11.6. The van der Waals surface area contributed by atoms with E-state index in [0.717, 1.165) is 22.3 Å². The Labute approximate surface area is 253 Å². The predicted molar refractivity (Wildman–Crippen MR) is 161 cm³/mol. The molecule has 2 aliphatic rings. The number of carbonyl (C=O) groups excluding carboxylic acids is 3. The first-order valence-corrected chi connectivity index (χ1v) is 14.2. The fourth-order valence-electron chi connectivity index (χ4n) is 5.58. The average molecular weight is 616 g/mol. The van der Waals surface area contributed by atoms with Gasteiger partial charge in [-0.2, -0.15) is 0 Å². The quantitative estimate of drug-likeness (QED) is 0.347. The number of benzene rings is 3. The molecule has 1 saturated heterocycles. The first-order chi connectivity index (χ1) is 19.6. The van der Waals surface area contributed by atoms with Crippen LogP contribution in [0.4, 0.5) is 16.2 Å². The molecule has 2 atom stereocenters. The summed E-state index contributed by atoms with van der Waals surface area (Å²) in [6.45, 7) is 0.996. The zero-order valence-corrected chi connectivity index (χ0v) is 25.1. The van der Waals surface area contributed by atoms with Crippen LogP contribution in [0, 0.1) is 5.92 Å². The molecule has 3 aromatic carbocycles. The highest BCUT2D eigenvalue weighted by Crippen LogP contribution is 2.47. The van der Waals surface area contributed by atoms with Crippen LogP contribution >= 0.6 is 34.8 Å². The van der Waals surface area contributed by atoms with Crippen molar-refractivity contribution in [1.29, 1.82) is 0 Å². The maximum absolute atomic E-state index is 13.4. The second kappa shape index (κ2) is 11.9. The van der Waals surface area contributed by atoms with Crippen LogP contribution in [0.5, 0.6) is 0 Å². The number of hydrogen-bond acceptors (Lipinski definition) is 5. The van der Waals surface area contributed by atoms with Gasteiger partial charge in [-0.15, -0.1) is 0 Å². The third kappa shape index (κ3) is 5.62. The van der Waals surface area contributed by atoms with Crippen LogP contribution in [0.3, 0.4) is 0 Å². The number of esters is 1. The molecule has 0 spiro atoms. The molecule has 3 amide bonds. The Morgan fingerprint density at radius 3 is 2.32 bits per heavy atom. The van der Waals surface area contributed by atoms with Crippen molar-refractivity contribution in [2.75, 3.05) is 45.7 Å². The Morgan fingerprint density at radius 1 is 0.976 bits per heavy atom. The number of rotatable bonds is 6. The van der Waals surface area contributed by atoms with Crippen LogP contribution < -0.4 is 10.2 Å². The molecule has 5 rings (SSSR count). The fourth-order valence-corrected chi connectivity index (χ4v) is 6.38. The molecule has 2 aliphatic heterocycles. The highest BCUT2D eigenvalue weighted by Gasteiger charge is 2.42. The minimum Gasteiger partial charge on any atom is -0.469 e. The lowest BCUT2D eigenvalue weighted by atomic mass is 9.84. The van der Waals surface area contributed by atoms with Gasteiger partial charge in [-0.1, -0.05) is 65.1 Å². The summed E-state index contributed by atoms with van der Waals surface area (Å²) in [7, 11) is 4.99. The Kier molecular flexibility index (Phi) is 8.47. The number of nitrogens with one attached hydrogen (secondary N) is 1. The second-order valence-electron chi connectivity index (χ2n) is 10.4. The first-order valence-electron chi connectivity index (χ1n) is 13.0.